The third-order valence-electron chi connectivity index (χ3n) is 2.91. The second-order valence-electron chi connectivity index (χ2n) is 4.02. The van der Waals surface area contributed by atoms with Crippen LogP contribution in [0.15, 0.2) is 30.6 Å². The lowest BCUT2D eigenvalue weighted by atomic mass is 10.1. The van der Waals surface area contributed by atoms with Crippen LogP contribution >= 0.6 is 0 Å². The Morgan fingerprint density at radius 1 is 1.31 bits per heavy atom. The number of hydrogen-bond acceptors (Lipinski definition) is 3. The molecular formula is C12H11N3O. The third kappa shape index (κ3) is 1.52. The highest BCUT2D eigenvalue weighted by Crippen LogP contribution is 2.23. The maximum absolute atomic E-state index is 11.6. The van der Waals surface area contributed by atoms with E-state index in [9.17, 15) is 4.79 Å². The van der Waals surface area contributed by atoms with E-state index in [1.165, 1.54) is 5.56 Å². The number of benzene rings is 1. The standard InChI is InChI=1S/C12H11N3O/c16-12-4-3-10-2-1-9(7-11(10)12)8-15-6-5-13-14-15/h1-2,5-7H,3-4,8H2. The molecule has 1 aromatic carbocycles. The highest BCUT2D eigenvalue weighted by molar-refractivity contribution is 6.00. The summed E-state index contributed by atoms with van der Waals surface area (Å²) < 4.78 is 1.75. The first-order chi connectivity index (χ1) is 7.83. The molecule has 16 heavy (non-hydrogen) atoms. The zero-order valence-corrected chi connectivity index (χ0v) is 8.76. The van der Waals surface area contributed by atoms with Crippen LogP contribution in [-0.4, -0.2) is 20.8 Å². The van der Waals surface area contributed by atoms with Crippen LogP contribution in [0.25, 0.3) is 0 Å². The Balaban J connectivity index is 1.92. The molecule has 0 bridgehead atoms. The monoisotopic (exact) mass is 213 g/mol. The van der Waals surface area contributed by atoms with Crippen molar-refractivity contribution < 1.29 is 4.79 Å². The van der Waals surface area contributed by atoms with Crippen molar-refractivity contribution in [2.45, 2.75) is 19.4 Å². The maximum atomic E-state index is 11.6. The van der Waals surface area contributed by atoms with E-state index in [1.54, 1.807) is 10.9 Å². The minimum atomic E-state index is 0.260. The summed E-state index contributed by atoms with van der Waals surface area (Å²) >= 11 is 0. The quantitative estimate of drug-likeness (QED) is 0.758. The minimum absolute atomic E-state index is 0.260. The zero-order chi connectivity index (χ0) is 11.0. The first-order valence-electron chi connectivity index (χ1n) is 5.32. The molecule has 0 atom stereocenters. The van der Waals surface area contributed by atoms with Gasteiger partial charge in [-0.25, -0.2) is 4.68 Å². The Hall–Kier alpha value is -1.97. The van der Waals surface area contributed by atoms with Gasteiger partial charge in [-0.2, -0.15) is 0 Å². The van der Waals surface area contributed by atoms with Crippen molar-refractivity contribution in [2.75, 3.05) is 0 Å². The molecule has 4 heteroatoms. The van der Waals surface area contributed by atoms with Crippen LogP contribution in [0.2, 0.25) is 0 Å². The molecule has 0 saturated carbocycles. The third-order valence-corrected chi connectivity index (χ3v) is 2.91. The SMILES string of the molecule is O=C1CCc2ccc(Cn3ccnn3)cc21. The molecule has 0 unspecified atom stereocenters. The van der Waals surface area contributed by atoms with E-state index in [0.717, 1.165) is 17.5 Å². The molecule has 0 N–H and O–H groups in total. The summed E-state index contributed by atoms with van der Waals surface area (Å²) in [5.41, 5.74) is 3.16. The van der Waals surface area contributed by atoms with Crippen molar-refractivity contribution in [3.05, 3.63) is 47.3 Å². The molecule has 1 heterocycles. The number of aryl methyl sites for hydroxylation is 1. The van der Waals surface area contributed by atoms with Gasteiger partial charge in [-0.15, -0.1) is 5.10 Å². The van der Waals surface area contributed by atoms with E-state index in [-0.39, 0.29) is 5.78 Å². The Morgan fingerprint density at radius 3 is 3.06 bits per heavy atom. The van der Waals surface area contributed by atoms with Gasteiger partial charge < -0.3 is 0 Å². The minimum Gasteiger partial charge on any atom is -0.294 e. The lowest BCUT2D eigenvalue weighted by Gasteiger charge is -2.03. The van der Waals surface area contributed by atoms with Crippen molar-refractivity contribution in [3.8, 4) is 0 Å². The predicted molar refractivity (Wildman–Crippen MR) is 58.2 cm³/mol. The molecule has 0 saturated heterocycles. The molecule has 0 fully saturated rings. The molecule has 1 aromatic heterocycles. The number of nitrogens with zero attached hydrogens (tertiary/aromatic N) is 3. The van der Waals surface area contributed by atoms with Gasteiger partial charge in [-0.3, -0.25) is 4.79 Å². The van der Waals surface area contributed by atoms with Gasteiger partial charge in [0.25, 0.3) is 0 Å². The van der Waals surface area contributed by atoms with Gasteiger partial charge in [0.1, 0.15) is 0 Å². The lowest BCUT2D eigenvalue weighted by molar-refractivity contribution is 0.0994. The Kier molecular flexibility index (Phi) is 2.06. The van der Waals surface area contributed by atoms with E-state index < -0.39 is 0 Å². The average Bonchev–Trinajstić information content (AvgIpc) is 2.90. The normalized spacial score (nSPS) is 14.1. The molecular weight excluding hydrogens is 202 g/mol. The van der Waals surface area contributed by atoms with E-state index in [4.69, 9.17) is 0 Å². The fraction of sp³-hybridized carbons (Fsp3) is 0.250. The Labute approximate surface area is 92.9 Å². The number of aromatic nitrogens is 3. The lowest BCUT2D eigenvalue weighted by Crippen LogP contribution is -2.02. The predicted octanol–water partition coefficient (Wildman–Crippen LogP) is 1.46. The van der Waals surface area contributed by atoms with Gasteiger partial charge in [0.2, 0.25) is 0 Å². The molecule has 1 aliphatic carbocycles. The van der Waals surface area contributed by atoms with Crippen LogP contribution in [0.1, 0.15) is 27.9 Å². The van der Waals surface area contributed by atoms with Crippen molar-refractivity contribution in [1.29, 1.82) is 0 Å². The number of fused-ring (bicyclic) bond motifs is 1. The van der Waals surface area contributed by atoms with E-state index >= 15 is 0 Å². The smallest absolute Gasteiger partial charge is 0.163 e. The van der Waals surface area contributed by atoms with Crippen LogP contribution < -0.4 is 0 Å². The Bertz CT molecular complexity index is 531. The summed E-state index contributed by atoms with van der Waals surface area (Å²) in [5, 5.41) is 7.66. The number of carbonyl (C=O) groups excluding carboxylic acids is 1. The number of ketones is 1. The summed E-state index contributed by atoms with van der Waals surface area (Å²) in [5.74, 6) is 0.260. The van der Waals surface area contributed by atoms with Crippen molar-refractivity contribution in [3.63, 3.8) is 0 Å². The van der Waals surface area contributed by atoms with E-state index in [2.05, 4.69) is 16.4 Å². The van der Waals surface area contributed by atoms with Crippen LogP contribution in [0.3, 0.4) is 0 Å². The first-order valence-corrected chi connectivity index (χ1v) is 5.32. The molecule has 1 aliphatic rings. The zero-order valence-electron chi connectivity index (χ0n) is 8.76. The molecule has 2 aromatic rings. The fourth-order valence-electron chi connectivity index (χ4n) is 2.09. The topological polar surface area (TPSA) is 47.8 Å². The highest BCUT2D eigenvalue weighted by atomic mass is 16.1. The van der Waals surface area contributed by atoms with Gasteiger partial charge in [0.15, 0.2) is 5.78 Å². The summed E-state index contributed by atoms with van der Waals surface area (Å²) in [6.45, 7) is 0.667. The summed E-state index contributed by atoms with van der Waals surface area (Å²) in [6, 6.07) is 6.08. The van der Waals surface area contributed by atoms with Gasteiger partial charge >= 0.3 is 0 Å². The molecule has 3 rings (SSSR count). The van der Waals surface area contributed by atoms with Crippen LogP contribution in [0, 0.1) is 0 Å². The Morgan fingerprint density at radius 2 is 2.25 bits per heavy atom. The first kappa shape index (κ1) is 9.27. The van der Waals surface area contributed by atoms with Crippen LogP contribution in [-0.2, 0) is 13.0 Å². The van der Waals surface area contributed by atoms with E-state index in [0.29, 0.717) is 13.0 Å². The molecule has 0 spiro atoms. The van der Waals surface area contributed by atoms with E-state index in [1.807, 2.05) is 18.3 Å². The number of carbonyl (C=O) groups is 1. The second-order valence-corrected chi connectivity index (χ2v) is 4.02. The van der Waals surface area contributed by atoms with Crippen LogP contribution in [0.5, 0.6) is 0 Å². The second kappa shape index (κ2) is 3.56. The fourth-order valence-corrected chi connectivity index (χ4v) is 2.09. The molecule has 4 nitrogen and oxygen atoms in total. The molecule has 0 radical (unpaired) electrons. The van der Waals surface area contributed by atoms with Crippen molar-refractivity contribution in [1.82, 2.24) is 15.0 Å². The number of hydrogen-bond donors (Lipinski definition) is 0. The van der Waals surface area contributed by atoms with Gasteiger partial charge in [0, 0.05) is 18.2 Å². The molecule has 0 aliphatic heterocycles. The summed E-state index contributed by atoms with van der Waals surface area (Å²) in [4.78, 5) is 11.6. The highest BCUT2D eigenvalue weighted by Gasteiger charge is 2.19. The van der Waals surface area contributed by atoms with Crippen molar-refractivity contribution >= 4 is 5.78 Å². The van der Waals surface area contributed by atoms with Crippen LogP contribution in [0.4, 0.5) is 0 Å². The summed E-state index contributed by atoms with van der Waals surface area (Å²) in [6.07, 6.45) is 5.01. The number of rotatable bonds is 2. The molecule has 0 amide bonds. The van der Waals surface area contributed by atoms with Gasteiger partial charge in [-0.1, -0.05) is 17.3 Å². The maximum Gasteiger partial charge on any atom is 0.163 e. The van der Waals surface area contributed by atoms with Crippen molar-refractivity contribution in [2.24, 2.45) is 0 Å². The number of Topliss-reactive ketones (excluding diaryl/α,β-unsaturated/α-hetero) is 1. The van der Waals surface area contributed by atoms with Gasteiger partial charge in [0.05, 0.1) is 12.7 Å². The average molecular weight is 213 g/mol. The molecule has 80 valence electrons. The largest absolute Gasteiger partial charge is 0.294 e. The summed E-state index contributed by atoms with van der Waals surface area (Å²) in [7, 11) is 0. The van der Waals surface area contributed by atoms with Gasteiger partial charge in [-0.05, 0) is 23.6 Å².